The van der Waals surface area contributed by atoms with Crippen LogP contribution in [0.2, 0.25) is 0 Å². The predicted octanol–water partition coefficient (Wildman–Crippen LogP) is -2.22. The number of hydrogen-bond donors (Lipinski definition) is 7. The number of phenolic OH excluding ortho intramolecular Hbond substituents is 1. The average molecular weight is 383 g/mol. The van der Waals surface area contributed by atoms with E-state index in [0.29, 0.717) is 5.56 Å². The second-order valence-electron chi connectivity index (χ2n) is 5.72. The highest BCUT2D eigenvalue weighted by Gasteiger charge is 2.29. The summed E-state index contributed by atoms with van der Waals surface area (Å²) in [4.78, 5) is 46.0. The molecular weight excluding hydrogens is 362 g/mol. The Kier molecular flexibility index (Phi) is 8.17. The first-order valence-electron chi connectivity index (χ1n) is 7.83. The molecule has 1 aromatic rings. The lowest BCUT2D eigenvalue weighted by Gasteiger charge is -2.21. The van der Waals surface area contributed by atoms with Gasteiger partial charge in [-0.15, -0.1) is 0 Å². The smallest absolute Gasteiger partial charge is 0.328 e. The van der Waals surface area contributed by atoms with E-state index in [4.69, 9.17) is 21.1 Å². The van der Waals surface area contributed by atoms with E-state index in [1.807, 2.05) is 5.32 Å². The Morgan fingerprint density at radius 1 is 0.963 bits per heavy atom. The number of benzene rings is 1. The maximum atomic E-state index is 12.2. The molecule has 0 saturated carbocycles. The van der Waals surface area contributed by atoms with Crippen molar-refractivity contribution in [2.45, 2.75) is 31.0 Å². The molecule has 0 aromatic heterocycles. The number of nitrogens with one attached hydrogen (secondary N) is 2. The second kappa shape index (κ2) is 10.1. The number of amides is 2. The molecule has 0 aliphatic carbocycles. The van der Waals surface area contributed by atoms with E-state index in [1.165, 1.54) is 12.1 Å². The normalized spacial score (nSPS) is 13.9. The van der Waals surface area contributed by atoms with Crippen LogP contribution in [0.5, 0.6) is 5.75 Å². The predicted molar refractivity (Wildman–Crippen MR) is 90.6 cm³/mol. The van der Waals surface area contributed by atoms with Crippen LogP contribution >= 0.6 is 0 Å². The van der Waals surface area contributed by atoms with Gasteiger partial charge in [0.05, 0.1) is 19.1 Å². The molecule has 0 aliphatic heterocycles. The molecule has 148 valence electrons. The molecule has 8 N–H and O–H groups in total. The van der Waals surface area contributed by atoms with Gasteiger partial charge < -0.3 is 36.8 Å². The summed E-state index contributed by atoms with van der Waals surface area (Å²) in [5, 5.41) is 40.0. The zero-order chi connectivity index (χ0) is 20.6. The SMILES string of the molecule is NC(Cc1ccc(O)cc1)C(=O)NC(CC(=O)O)C(=O)NC(CO)C(=O)O. The summed E-state index contributed by atoms with van der Waals surface area (Å²) in [7, 11) is 0. The van der Waals surface area contributed by atoms with Crippen LogP contribution in [0, 0.1) is 0 Å². The van der Waals surface area contributed by atoms with Gasteiger partial charge >= 0.3 is 11.9 Å². The molecule has 11 nitrogen and oxygen atoms in total. The van der Waals surface area contributed by atoms with Crippen LogP contribution in [0.3, 0.4) is 0 Å². The van der Waals surface area contributed by atoms with Crippen molar-refractivity contribution in [3.8, 4) is 5.75 Å². The fraction of sp³-hybridized carbons (Fsp3) is 0.375. The number of aliphatic hydroxyl groups is 1. The number of hydrogen-bond acceptors (Lipinski definition) is 7. The fourth-order valence-corrected chi connectivity index (χ4v) is 2.10. The molecule has 1 rings (SSSR count). The van der Waals surface area contributed by atoms with Crippen LogP contribution < -0.4 is 16.4 Å². The number of carbonyl (C=O) groups is 4. The van der Waals surface area contributed by atoms with Crippen LogP contribution in [-0.4, -0.2) is 68.9 Å². The summed E-state index contributed by atoms with van der Waals surface area (Å²) in [5.74, 6) is -4.79. The maximum absolute atomic E-state index is 12.2. The Hall–Kier alpha value is -3.18. The number of rotatable bonds is 10. The molecule has 27 heavy (non-hydrogen) atoms. The summed E-state index contributed by atoms with van der Waals surface area (Å²) < 4.78 is 0. The Bertz CT molecular complexity index is 691. The van der Waals surface area contributed by atoms with Crippen molar-refractivity contribution in [3.63, 3.8) is 0 Å². The van der Waals surface area contributed by atoms with E-state index in [0.717, 1.165) is 0 Å². The molecule has 0 saturated heterocycles. The van der Waals surface area contributed by atoms with Crippen molar-refractivity contribution in [3.05, 3.63) is 29.8 Å². The van der Waals surface area contributed by atoms with E-state index in [9.17, 15) is 24.3 Å². The summed E-state index contributed by atoms with van der Waals surface area (Å²) in [6.07, 6.45) is -0.747. The molecule has 0 spiro atoms. The fourth-order valence-electron chi connectivity index (χ4n) is 2.10. The summed E-state index contributed by atoms with van der Waals surface area (Å²) in [6, 6.07) is 1.56. The van der Waals surface area contributed by atoms with Crippen LogP contribution in [0.25, 0.3) is 0 Å². The van der Waals surface area contributed by atoms with Crippen molar-refractivity contribution in [1.82, 2.24) is 10.6 Å². The summed E-state index contributed by atoms with van der Waals surface area (Å²) in [5.41, 5.74) is 6.38. The zero-order valence-corrected chi connectivity index (χ0v) is 14.2. The number of aliphatic hydroxyl groups excluding tert-OH is 1. The molecule has 0 bridgehead atoms. The van der Waals surface area contributed by atoms with Crippen LogP contribution in [0.4, 0.5) is 0 Å². The number of carbonyl (C=O) groups excluding carboxylic acids is 2. The monoisotopic (exact) mass is 383 g/mol. The minimum atomic E-state index is -1.64. The van der Waals surface area contributed by atoms with E-state index in [-0.39, 0.29) is 12.2 Å². The number of nitrogens with two attached hydrogens (primary N) is 1. The van der Waals surface area contributed by atoms with Gasteiger partial charge in [0, 0.05) is 0 Å². The van der Waals surface area contributed by atoms with Crippen molar-refractivity contribution in [2.24, 2.45) is 5.73 Å². The largest absolute Gasteiger partial charge is 0.508 e. The van der Waals surface area contributed by atoms with Gasteiger partial charge in [-0.1, -0.05) is 12.1 Å². The first-order chi connectivity index (χ1) is 12.6. The second-order valence-corrected chi connectivity index (χ2v) is 5.72. The Morgan fingerprint density at radius 3 is 2.00 bits per heavy atom. The molecule has 3 unspecified atom stereocenters. The van der Waals surface area contributed by atoms with E-state index in [1.54, 1.807) is 12.1 Å². The first kappa shape index (κ1) is 21.9. The van der Waals surface area contributed by atoms with Crippen molar-refractivity contribution < 1.29 is 39.6 Å². The summed E-state index contributed by atoms with van der Waals surface area (Å²) in [6.45, 7) is -0.908. The van der Waals surface area contributed by atoms with Crippen molar-refractivity contribution >= 4 is 23.8 Å². The van der Waals surface area contributed by atoms with Crippen molar-refractivity contribution in [2.75, 3.05) is 6.61 Å². The zero-order valence-electron chi connectivity index (χ0n) is 14.2. The lowest BCUT2D eigenvalue weighted by atomic mass is 10.0. The summed E-state index contributed by atoms with van der Waals surface area (Å²) >= 11 is 0. The minimum absolute atomic E-state index is 0.0341. The van der Waals surface area contributed by atoms with Crippen LogP contribution in [0.15, 0.2) is 24.3 Å². The molecule has 1 aromatic carbocycles. The van der Waals surface area contributed by atoms with Crippen molar-refractivity contribution in [1.29, 1.82) is 0 Å². The number of carboxylic acids is 2. The third kappa shape index (κ3) is 7.30. The highest BCUT2D eigenvalue weighted by atomic mass is 16.4. The number of carboxylic acid groups (broad SMARTS) is 2. The number of aromatic hydroxyl groups is 1. The van der Waals surface area contributed by atoms with E-state index < -0.39 is 54.9 Å². The molecule has 0 radical (unpaired) electrons. The Morgan fingerprint density at radius 2 is 1.52 bits per heavy atom. The van der Waals surface area contributed by atoms with E-state index in [2.05, 4.69) is 5.32 Å². The molecule has 2 amide bonds. The highest BCUT2D eigenvalue weighted by molar-refractivity contribution is 5.94. The number of phenols is 1. The van der Waals surface area contributed by atoms with Gasteiger partial charge in [-0.3, -0.25) is 14.4 Å². The molecule has 0 aliphatic rings. The highest BCUT2D eigenvalue weighted by Crippen LogP contribution is 2.11. The number of aliphatic carboxylic acids is 2. The molecule has 0 heterocycles. The topological polar surface area (TPSA) is 199 Å². The third-order valence-electron chi connectivity index (χ3n) is 3.54. The van der Waals surface area contributed by atoms with Crippen LogP contribution in [0.1, 0.15) is 12.0 Å². The Labute approximate surface area is 153 Å². The molecule has 0 fully saturated rings. The van der Waals surface area contributed by atoms with Gasteiger partial charge in [-0.05, 0) is 24.1 Å². The van der Waals surface area contributed by atoms with Gasteiger partial charge in [0.15, 0.2) is 0 Å². The van der Waals surface area contributed by atoms with E-state index >= 15 is 0 Å². The van der Waals surface area contributed by atoms with Gasteiger partial charge in [-0.25, -0.2) is 4.79 Å². The molecular formula is C16H21N3O8. The maximum Gasteiger partial charge on any atom is 0.328 e. The standard InChI is InChI=1S/C16H21N3O8/c17-10(5-8-1-3-9(21)4-2-8)14(24)18-11(6-13(22)23)15(25)19-12(7-20)16(26)27/h1-4,10-12,20-21H,5-7,17H2,(H,18,24)(H,19,25)(H,22,23)(H,26,27). The lowest BCUT2D eigenvalue weighted by molar-refractivity contribution is -0.144. The molecule has 3 atom stereocenters. The lowest BCUT2D eigenvalue weighted by Crippen LogP contribution is -2.56. The Balaban J connectivity index is 2.77. The van der Waals surface area contributed by atoms with Crippen LogP contribution in [-0.2, 0) is 25.6 Å². The molecule has 11 heteroatoms. The average Bonchev–Trinajstić information content (AvgIpc) is 2.59. The quantitative estimate of drug-likeness (QED) is 0.234. The minimum Gasteiger partial charge on any atom is -0.508 e. The third-order valence-corrected chi connectivity index (χ3v) is 3.54. The van der Waals surface area contributed by atoms with Gasteiger partial charge in [0.1, 0.15) is 17.8 Å². The van der Waals surface area contributed by atoms with Gasteiger partial charge in [0.25, 0.3) is 0 Å². The van der Waals surface area contributed by atoms with Gasteiger partial charge in [-0.2, -0.15) is 0 Å². The first-order valence-corrected chi connectivity index (χ1v) is 7.83. The van der Waals surface area contributed by atoms with Gasteiger partial charge in [0.2, 0.25) is 11.8 Å².